The standard InChI is InChI=1S/C15H17BrN2O2/c16-14-8-13(5-4-12(14)9-17)18-7-1-2-11(10-18)3-6-15(19)20/h4-5,8,11H,1-3,6-7,10H2,(H,19,20). The Morgan fingerprint density at radius 2 is 2.35 bits per heavy atom. The average molecular weight is 337 g/mol. The van der Waals surface area contributed by atoms with E-state index in [1.165, 1.54) is 0 Å². The lowest BCUT2D eigenvalue weighted by Crippen LogP contribution is -2.35. The van der Waals surface area contributed by atoms with Gasteiger partial charge in [-0.1, -0.05) is 0 Å². The van der Waals surface area contributed by atoms with Crippen LogP contribution in [-0.2, 0) is 4.79 Å². The number of benzene rings is 1. The van der Waals surface area contributed by atoms with Gasteiger partial charge < -0.3 is 10.0 Å². The van der Waals surface area contributed by atoms with Gasteiger partial charge in [0.2, 0.25) is 0 Å². The molecule has 0 bridgehead atoms. The van der Waals surface area contributed by atoms with E-state index < -0.39 is 5.97 Å². The highest BCUT2D eigenvalue weighted by Crippen LogP contribution is 2.29. The number of piperidine rings is 1. The quantitative estimate of drug-likeness (QED) is 0.915. The minimum absolute atomic E-state index is 0.246. The van der Waals surface area contributed by atoms with Gasteiger partial charge in [-0.05, 0) is 59.3 Å². The Bertz CT molecular complexity index is 539. The second kappa shape index (κ2) is 6.76. The number of anilines is 1. The number of carbonyl (C=O) groups is 1. The predicted octanol–water partition coefficient (Wildman–Crippen LogP) is 3.40. The monoisotopic (exact) mass is 336 g/mol. The molecule has 0 spiro atoms. The van der Waals surface area contributed by atoms with E-state index in [4.69, 9.17) is 10.4 Å². The summed E-state index contributed by atoms with van der Waals surface area (Å²) in [6.45, 7) is 1.88. The van der Waals surface area contributed by atoms with Crippen molar-refractivity contribution in [3.63, 3.8) is 0 Å². The third-order valence-corrected chi connectivity index (χ3v) is 4.38. The van der Waals surface area contributed by atoms with E-state index in [1.54, 1.807) is 0 Å². The number of carboxylic acid groups (broad SMARTS) is 1. The van der Waals surface area contributed by atoms with Gasteiger partial charge >= 0.3 is 5.97 Å². The molecular formula is C15H17BrN2O2. The number of nitrogens with zero attached hydrogens (tertiary/aromatic N) is 2. The van der Waals surface area contributed by atoms with Crippen molar-refractivity contribution < 1.29 is 9.90 Å². The lowest BCUT2D eigenvalue weighted by atomic mass is 9.93. The van der Waals surface area contributed by atoms with Gasteiger partial charge in [0.1, 0.15) is 6.07 Å². The fraction of sp³-hybridized carbons (Fsp3) is 0.467. The first-order valence-electron chi connectivity index (χ1n) is 6.76. The van der Waals surface area contributed by atoms with Crippen LogP contribution >= 0.6 is 15.9 Å². The molecule has 4 nitrogen and oxygen atoms in total. The van der Waals surface area contributed by atoms with Crippen LogP contribution in [0.3, 0.4) is 0 Å². The summed E-state index contributed by atoms with van der Waals surface area (Å²) in [5.74, 6) is -0.280. The van der Waals surface area contributed by atoms with Crippen LogP contribution in [0, 0.1) is 17.2 Å². The second-order valence-electron chi connectivity index (χ2n) is 5.16. The number of hydrogen-bond acceptors (Lipinski definition) is 3. The van der Waals surface area contributed by atoms with E-state index >= 15 is 0 Å². The molecule has 1 atom stereocenters. The van der Waals surface area contributed by atoms with Crippen LogP contribution in [0.25, 0.3) is 0 Å². The van der Waals surface area contributed by atoms with E-state index in [9.17, 15) is 4.79 Å². The van der Waals surface area contributed by atoms with Gasteiger partial charge in [-0.3, -0.25) is 4.79 Å². The molecule has 2 rings (SSSR count). The maximum atomic E-state index is 10.7. The van der Waals surface area contributed by atoms with Crippen molar-refractivity contribution in [2.24, 2.45) is 5.92 Å². The van der Waals surface area contributed by atoms with Gasteiger partial charge in [0.15, 0.2) is 0 Å². The Labute approximate surface area is 127 Å². The molecule has 0 aromatic heterocycles. The first-order valence-corrected chi connectivity index (χ1v) is 7.56. The van der Waals surface area contributed by atoms with Crippen molar-refractivity contribution >= 4 is 27.6 Å². The van der Waals surface area contributed by atoms with Gasteiger partial charge in [-0.2, -0.15) is 5.26 Å². The van der Waals surface area contributed by atoms with E-state index in [1.807, 2.05) is 18.2 Å². The molecule has 1 aliphatic heterocycles. The Balaban J connectivity index is 2.03. The van der Waals surface area contributed by atoms with Crippen LogP contribution in [0.1, 0.15) is 31.2 Å². The number of rotatable bonds is 4. The SMILES string of the molecule is N#Cc1ccc(N2CCCC(CCC(=O)O)C2)cc1Br. The molecule has 0 amide bonds. The third kappa shape index (κ3) is 3.73. The van der Waals surface area contributed by atoms with Crippen molar-refractivity contribution in [1.82, 2.24) is 0 Å². The normalized spacial score (nSPS) is 18.6. The highest BCUT2D eigenvalue weighted by atomic mass is 79.9. The number of aliphatic carboxylic acids is 1. The fourth-order valence-electron chi connectivity index (χ4n) is 2.65. The largest absolute Gasteiger partial charge is 0.481 e. The first kappa shape index (κ1) is 14.9. The minimum atomic E-state index is -0.719. The van der Waals surface area contributed by atoms with Crippen LogP contribution in [0.4, 0.5) is 5.69 Å². The molecular weight excluding hydrogens is 320 g/mol. The molecule has 0 saturated carbocycles. The molecule has 106 valence electrons. The number of hydrogen-bond donors (Lipinski definition) is 1. The Morgan fingerprint density at radius 1 is 1.55 bits per heavy atom. The molecule has 1 N–H and O–H groups in total. The Kier molecular flexibility index (Phi) is 5.02. The summed E-state index contributed by atoms with van der Waals surface area (Å²) in [4.78, 5) is 12.9. The molecule has 1 aromatic carbocycles. The maximum Gasteiger partial charge on any atom is 0.303 e. The summed E-state index contributed by atoms with van der Waals surface area (Å²) < 4.78 is 0.810. The van der Waals surface area contributed by atoms with Gasteiger partial charge in [0.05, 0.1) is 5.56 Å². The van der Waals surface area contributed by atoms with Gasteiger partial charge in [0.25, 0.3) is 0 Å². The summed E-state index contributed by atoms with van der Waals surface area (Å²) >= 11 is 3.41. The summed E-state index contributed by atoms with van der Waals surface area (Å²) in [5.41, 5.74) is 1.73. The van der Waals surface area contributed by atoms with Crippen molar-refractivity contribution in [2.45, 2.75) is 25.7 Å². The van der Waals surface area contributed by atoms with Crippen molar-refractivity contribution in [3.05, 3.63) is 28.2 Å². The molecule has 1 fully saturated rings. The zero-order valence-electron chi connectivity index (χ0n) is 11.2. The smallest absolute Gasteiger partial charge is 0.303 e. The van der Waals surface area contributed by atoms with Gasteiger partial charge in [0, 0.05) is 29.7 Å². The lowest BCUT2D eigenvalue weighted by molar-refractivity contribution is -0.137. The summed E-state index contributed by atoms with van der Waals surface area (Å²) in [5, 5.41) is 17.7. The molecule has 1 heterocycles. The van der Waals surface area contributed by atoms with Crippen LogP contribution in [-0.4, -0.2) is 24.2 Å². The molecule has 1 saturated heterocycles. The zero-order chi connectivity index (χ0) is 14.5. The van der Waals surface area contributed by atoms with Crippen LogP contribution < -0.4 is 4.90 Å². The van der Waals surface area contributed by atoms with E-state index in [2.05, 4.69) is 26.9 Å². The Morgan fingerprint density at radius 3 is 3.00 bits per heavy atom. The van der Waals surface area contributed by atoms with Gasteiger partial charge in [-0.15, -0.1) is 0 Å². The van der Waals surface area contributed by atoms with E-state index in [0.29, 0.717) is 11.5 Å². The van der Waals surface area contributed by atoms with Crippen LogP contribution in [0.15, 0.2) is 22.7 Å². The molecule has 1 aromatic rings. The molecule has 1 aliphatic rings. The summed E-state index contributed by atoms with van der Waals surface area (Å²) in [6.07, 6.45) is 3.17. The minimum Gasteiger partial charge on any atom is -0.481 e. The first-order chi connectivity index (χ1) is 9.60. The Hall–Kier alpha value is -1.54. The fourth-order valence-corrected chi connectivity index (χ4v) is 3.11. The lowest BCUT2D eigenvalue weighted by Gasteiger charge is -2.34. The molecule has 0 aliphatic carbocycles. The topological polar surface area (TPSA) is 64.3 Å². The average Bonchev–Trinajstić information content (AvgIpc) is 2.45. The molecule has 0 radical (unpaired) electrons. The molecule has 1 unspecified atom stereocenters. The molecule has 5 heteroatoms. The highest BCUT2D eigenvalue weighted by molar-refractivity contribution is 9.10. The maximum absolute atomic E-state index is 10.7. The summed E-state index contributed by atoms with van der Waals surface area (Å²) in [7, 11) is 0. The predicted molar refractivity (Wildman–Crippen MR) is 80.7 cm³/mol. The molecule has 20 heavy (non-hydrogen) atoms. The third-order valence-electron chi connectivity index (χ3n) is 3.72. The number of nitriles is 1. The van der Waals surface area contributed by atoms with Crippen molar-refractivity contribution in [1.29, 1.82) is 5.26 Å². The summed E-state index contributed by atoms with van der Waals surface area (Å²) in [6, 6.07) is 7.89. The second-order valence-corrected chi connectivity index (χ2v) is 6.02. The van der Waals surface area contributed by atoms with Gasteiger partial charge in [-0.25, -0.2) is 0 Å². The van der Waals surface area contributed by atoms with Crippen molar-refractivity contribution in [2.75, 3.05) is 18.0 Å². The van der Waals surface area contributed by atoms with Crippen LogP contribution in [0.2, 0.25) is 0 Å². The zero-order valence-corrected chi connectivity index (χ0v) is 12.8. The van der Waals surface area contributed by atoms with Crippen molar-refractivity contribution in [3.8, 4) is 6.07 Å². The van der Waals surface area contributed by atoms with E-state index in [-0.39, 0.29) is 6.42 Å². The van der Waals surface area contributed by atoms with E-state index in [0.717, 1.165) is 42.5 Å². The highest BCUT2D eigenvalue weighted by Gasteiger charge is 2.21. The number of halogens is 1. The van der Waals surface area contributed by atoms with Crippen LogP contribution in [0.5, 0.6) is 0 Å². The number of carboxylic acids is 1.